The average molecular weight is 378 g/mol. The van der Waals surface area contributed by atoms with Gasteiger partial charge in [0.15, 0.2) is 6.61 Å². The van der Waals surface area contributed by atoms with E-state index >= 15 is 0 Å². The third kappa shape index (κ3) is 5.77. The van der Waals surface area contributed by atoms with Gasteiger partial charge in [0.25, 0.3) is 11.8 Å². The lowest BCUT2D eigenvalue weighted by atomic mass is 9.99. The summed E-state index contributed by atoms with van der Waals surface area (Å²) in [5.41, 5.74) is -0.144. The summed E-state index contributed by atoms with van der Waals surface area (Å²) in [4.78, 5) is 38.5. The lowest BCUT2D eigenvalue weighted by molar-refractivity contribution is -0.155. The normalized spacial score (nSPS) is 16.1. The Morgan fingerprint density at radius 3 is 2.44 bits per heavy atom. The van der Waals surface area contributed by atoms with Crippen LogP contribution in [0.4, 0.5) is 4.39 Å². The topological polar surface area (TPSA) is 75.7 Å². The monoisotopic (exact) mass is 378 g/mol. The number of halogens is 1. The Kier molecular flexibility index (Phi) is 7.33. The number of carbonyl (C=O) groups is 3. The Labute approximate surface area is 159 Å². The molecule has 1 heterocycles. The van der Waals surface area contributed by atoms with Gasteiger partial charge in [0.05, 0.1) is 5.56 Å². The first-order valence-corrected chi connectivity index (χ1v) is 9.29. The zero-order valence-corrected chi connectivity index (χ0v) is 16.0. The van der Waals surface area contributed by atoms with Crippen LogP contribution in [-0.4, -0.2) is 48.4 Å². The van der Waals surface area contributed by atoms with Gasteiger partial charge < -0.3 is 15.0 Å². The fourth-order valence-corrected chi connectivity index (χ4v) is 2.93. The first-order chi connectivity index (χ1) is 12.8. The van der Waals surface area contributed by atoms with E-state index in [4.69, 9.17) is 4.74 Å². The number of carbonyl (C=O) groups excluding carboxylic acids is 3. The molecule has 0 saturated carbocycles. The number of rotatable bonds is 6. The van der Waals surface area contributed by atoms with Crippen LogP contribution in [0.3, 0.4) is 0 Å². The molecule has 2 rings (SSSR count). The molecule has 7 heteroatoms. The molecule has 0 radical (unpaired) electrons. The van der Waals surface area contributed by atoms with Crippen molar-refractivity contribution in [3.05, 3.63) is 35.6 Å². The third-order valence-electron chi connectivity index (χ3n) is 4.80. The number of esters is 1. The highest BCUT2D eigenvalue weighted by atomic mass is 19.1. The number of hydrogen-bond acceptors (Lipinski definition) is 4. The Hall–Kier alpha value is -2.44. The van der Waals surface area contributed by atoms with E-state index in [-0.39, 0.29) is 24.0 Å². The van der Waals surface area contributed by atoms with Crippen molar-refractivity contribution in [3.8, 4) is 0 Å². The molecule has 1 aromatic carbocycles. The maximum Gasteiger partial charge on any atom is 0.329 e. The highest BCUT2D eigenvalue weighted by Gasteiger charge is 2.28. The number of amides is 2. The molecule has 2 amide bonds. The van der Waals surface area contributed by atoms with Crippen molar-refractivity contribution >= 4 is 17.8 Å². The minimum Gasteiger partial charge on any atom is -0.454 e. The van der Waals surface area contributed by atoms with E-state index in [1.165, 1.54) is 18.2 Å². The van der Waals surface area contributed by atoms with E-state index in [1.807, 2.05) is 0 Å². The number of ether oxygens (including phenoxy) is 1. The van der Waals surface area contributed by atoms with Crippen LogP contribution in [-0.2, 0) is 14.3 Å². The molecule has 27 heavy (non-hydrogen) atoms. The second-order valence-electron chi connectivity index (χ2n) is 7.35. The van der Waals surface area contributed by atoms with E-state index in [9.17, 15) is 18.8 Å². The molecule has 0 aromatic heterocycles. The summed E-state index contributed by atoms with van der Waals surface area (Å²) >= 11 is 0. The van der Waals surface area contributed by atoms with Crippen molar-refractivity contribution < 1.29 is 23.5 Å². The van der Waals surface area contributed by atoms with Crippen molar-refractivity contribution in [2.75, 3.05) is 19.7 Å². The summed E-state index contributed by atoms with van der Waals surface area (Å²) < 4.78 is 18.9. The Bertz CT molecular complexity index is 684. The number of piperidine rings is 1. The maximum absolute atomic E-state index is 13.8. The molecule has 0 unspecified atom stereocenters. The fraction of sp³-hybridized carbons (Fsp3) is 0.550. The van der Waals surface area contributed by atoms with Crippen molar-refractivity contribution in [1.29, 1.82) is 0 Å². The van der Waals surface area contributed by atoms with Gasteiger partial charge in [0, 0.05) is 13.1 Å². The molecular weight excluding hydrogens is 351 g/mol. The van der Waals surface area contributed by atoms with Gasteiger partial charge in [-0.2, -0.15) is 0 Å². The molecule has 148 valence electrons. The van der Waals surface area contributed by atoms with Gasteiger partial charge in [-0.15, -0.1) is 0 Å². The minimum absolute atomic E-state index is 0.144. The number of benzene rings is 1. The molecule has 1 aliphatic rings. The van der Waals surface area contributed by atoms with E-state index in [2.05, 4.69) is 12.2 Å². The molecule has 1 N–H and O–H groups in total. The van der Waals surface area contributed by atoms with E-state index < -0.39 is 23.7 Å². The summed E-state index contributed by atoms with van der Waals surface area (Å²) in [6, 6.07) is 4.57. The first-order valence-electron chi connectivity index (χ1n) is 9.29. The third-order valence-corrected chi connectivity index (χ3v) is 4.80. The second kappa shape index (κ2) is 9.48. The van der Waals surface area contributed by atoms with E-state index in [1.54, 1.807) is 24.8 Å². The highest BCUT2D eigenvalue weighted by Crippen LogP contribution is 2.16. The molecule has 6 nitrogen and oxygen atoms in total. The number of nitrogens with one attached hydrogen (secondary N) is 1. The predicted octanol–water partition coefficient (Wildman–Crippen LogP) is 2.38. The van der Waals surface area contributed by atoms with Gasteiger partial charge in [0.2, 0.25) is 0 Å². The molecule has 1 atom stereocenters. The lowest BCUT2D eigenvalue weighted by Gasteiger charge is -2.30. The molecule has 1 aromatic rings. The standard InChI is InChI=1S/C20H27FN2O4/c1-13(2)18(22-19(25)15-6-4-5-7-16(15)21)20(26)27-12-17(24)23-10-8-14(3)9-11-23/h4-7,13-14,18H,8-12H2,1-3H3,(H,22,25)/t18-/m0/s1. The lowest BCUT2D eigenvalue weighted by Crippen LogP contribution is -2.47. The molecular formula is C20H27FN2O4. The van der Waals surface area contributed by atoms with Crippen LogP contribution < -0.4 is 5.32 Å². The van der Waals surface area contributed by atoms with Crippen LogP contribution in [0.1, 0.15) is 44.0 Å². The fourth-order valence-electron chi connectivity index (χ4n) is 2.93. The Balaban J connectivity index is 1.92. The first kappa shape index (κ1) is 20.9. The van der Waals surface area contributed by atoms with Gasteiger partial charge in [-0.3, -0.25) is 9.59 Å². The molecule has 0 spiro atoms. The SMILES string of the molecule is CC1CCN(C(=O)COC(=O)[C@@H](NC(=O)c2ccccc2F)C(C)C)CC1. The van der Waals surface area contributed by atoms with Gasteiger partial charge in [-0.1, -0.05) is 32.9 Å². The Morgan fingerprint density at radius 1 is 1.22 bits per heavy atom. The predicted molar refractivity (Wildman–Crippen MR) is 98.4 cm³/mol. The summed E-state index contributed by atoms with van der Waals surface area (Å²) in [6.07, 6.45) is 1.88. The molecule has 1 saturated heterocycles. The van der Waals surface area contributed by atoms with Gasteiger partial charge >= 0.3 is 5.97 Å². The summed E-state index contributed by atoms with van der Waals surface area (Å²) in [7, 11) is 0. The molecule has 1 fully saturated rings. The van der Waals surface area contributed by atoms with Gasteiger partial charge in [-0.25, -0.2) is 9.18 Å². The van der Waals surface area contributed by atoms with E-state index in [0.29, 0.717) is 19.0 Å². The van der Waals surface area contributed by atoms with Crippen molar-refractivity contribution in [3.63, 3.8) is 0 Å². The van der Waals surface area contributed by atoms with Crippen molar-refractivity contribution in [2.45, 2.75) is 39.7 Å². The van der Waals surface area contributed by atoms with E-state index in [0.717, 1.165) is 12.8 Å². The quantitative estimate of drug-likeness (QED) is 0.771. The number of nitrogens with zero attached hydrogens (tertiary/aromatic N) is 1. The van der Waals surface area contributed by atoms with Crippen LogP contribution >= 0.6 is 0 Å². The zero-order valence-electron chi connectivity index (χ0n) is 16.0. The van der Waals surface area contributed by atoms with Gasteiger partial charge in [0.1, 0.15) is 11.9 Å². The van der Waals surface area contributed by atoms with Gasteiger partial charge in [-0.05, 0) is 36.8 Å². The number of hydrogen-bond donors (Lipinski definition) is 1. The summed E-state index contributed by atoms with van der Waals surface area (Å²) in [5.74, 6) is -1.98. The average Bonchev–Trinajstić information content (AvgIpc) is 2.64. The molecule has 1 aliphatic heterocycles. The van der Waals surface area contributed by atoms with Crippen LogP contribution in [0.25, 0.3) is 0 Å². The molecule has 0 bridgehead atoms. The highest BCUT2D eigenvalue weighted by molar-refractivity contribution is 5.97. The summed E-state index contributed by atoms with van der Waals surface area (Å²) in [5, 5.41) is 2.50. The van der Waals surface area contributed by atoms with Crippen LogP contribution in [0.2, 0.25) is 0 Å². The Morgan fingerprint density at radius 2 is 1.85 bits per heavy atom. The molecule has 0 aliphatic carbocycles. The largest absolute Gasteiger partial charge is 0.454 e. The summed E-state index contributed by atoms with van der Waals surface area (Å²) in [6.45, 7) is 6.59. The van der Waals surface area contributed by atoms with Crippen molar-refractivity contribution in [1.82, 2.24) is 10.2 Å². The second-order valence-corrected chi connectivity index (χ2v) is 7.35. The van der Waals surface area contributed by atoms with Crippen LogP contribution in [0.15, 0.2) is 24.3 Å². The maximum atomic E-state index is 13.8. The minimum atomic E-state index is -0.966. The van der Waals surface area contributed by atoms with Crippen LogP contribution in [0, 0.1) is 17.7 Å². The zero-order chi connectivity index (χ0) is 20.0. The smallest absolute Gasteiger partial charge is 0.329 e. The number of likely N-dealkylation sites (tertiary alicyclic amines) is 1. The van der Waals surface area contributed by atoms with Crippen LogP contribution in [0.5, 0.6) is 0 Å². The van der Waals surface area contributed by atoms with Crippen molar-refractivity contribution in [2.24, 2.45) is 11.8 Å².